The third kappa shape index (κ3) is 3.38. The van der Waals surface area contributed by atoms with Crippen molar-refractivity contribution in [2.45, 2.75) is 57.2 Å². The lowest BCUT2D eigenvalue weighted by Crippen LogP contribution is -2.39. The third-order valence-corrected chi connectivity index (χ3v) is 6.59. The van der Waals surface area contributed by atoms with Crippen LogP contribution in [0.4, 0.5) is 5.69 Å². The summed E-state index contributed by atoms with van der Waals surface area (Å²) in [5, 5.41) is 0.659. The highest BCUT2D eigenvalue weighted by Gasteiger charge is 2.42. The van der Waals surface area contributed by atoms with Crippen molar-refractivity contribution >= 4 is 29.0 Å². The molecular weight excluding hydrogens is 384 g/mol. The minimum Gasteiger partial charge on any atom is -0.399 e. The first kappa shape index (κ1) is 19.8. The van der Waals surface area contributed by atoms with Gasteiger partial charge in [0.2, 0.25) is 5.91 Å². The minimum atomic E-state index is -0.709. The summed E-state index contributed by atoms with van der Waals surface area (Å²) in [4.78, 5) is 20.0. The number of fused-ring (bicyclic) bond motifs is 1. The van der Waals surface area contributed by atoms with E-state index in [-0.39, 0.29) is 18.0 Å². The van der Waals surface area contributed by atoms with Crippen molar-refractivity contribution in [1.82, 2.24) is 4.90 Å². The molecule has 0 aliphatic carbocycles. The molecule has 3 atom stereocenters. The van der Waals surface area contributed by atoms with E-state index in [2.05, 4.69) is 13.8 Å². The largest absolute Gasteiger partial charge is 0.399 e. The number of amides is 1. The second kappa shape index (κ2) is 7.38. The van der Waals surface area contributed by atoms with E-state index in [4.69, 9.17) is 28.1 Å². The van der Waals surface area contributed by atoms with Crippen molar-refractivity contribution < 1.29 is 4.79 Å². The van der Waals surface area contributed by atoms with Gasteiger partial charge in [-0.05, 0) is 68.5 Å². The van der Waals surface area contributed by atoms with Crippen LogP contribution in [0.15, 0.2) is 47.5 Å². The van der Waals surface area contributed by atoms with Gasteiger partial charge in [-0.15, -0.1) is 0 Å². The van der Waals surface area contributed by atoms with E-state index < -0.39 is 5.54 Å². The van der Waals surface area contributed by atoms with Crippen LogP contribution in [0, 0.1) is 0 Å². The van der Waals surface area contributed by atoms with Crippen molar-refractivity contribution in [1.29, 1.82) is 0 Å². The van der Waals surface area contributed by atoms with E-state index in [1.807, 2.05) is 47.4 Å². The summed E-state index contributed by atoms with van der Waals surface area (Å²) in [7, 11) is 0. The van der Waals surface area contributed by atoms with Gasteiger partial charge in [0.05, 0.1) is 0 Å². The molecule has 2 aliphatic heterocycles. The van der Waals surface area contributed by atoms with Gasteiger partial charge in [0.15, 0.2) is 0 Å². The number of hydrogen-bond acceptors (Lipinski definition) is 4. The first-order valence-electron chi connectivity index (χ1n) is 10.1. The Morgan fingerprint density at radius 2 is 1.79 bits per heavy atom. The fraction of sp³-hybridized carbons (Fsp3) is 0.391. The van der Waals surface area contributed by atoms with Crippen LogP contribution < -0.4 is 11.5 Å². The van der Waals surface area contributed by atoms with Crippen molar-refractivity contribution in [2.75, 3.05) is 5.73 Å². The normalized spacial score (nSPS) is 25.8. The van der Waals surface area contributed by atoms with Crippen LogP contribution in [0.25, 0.3) is 0 Å². The van der Waals surface area contributed by atoms with Gasteiger partial charge in [-0.2, -0.15) is 0 Å². The number of likely N-dealkylation sites (tertiary alicyclic amines) is 1. The molecule has 5 nitrogen and oxygen atoms in total. The van der Waals surface area contributed by atoms with E-state index in [9.17, 15) is 4.79 Å². The van der Waals surface area contributed by atoms with Gasteiger partial charge in [-0.1, -0.05) is 29.8 Å². The van der Waals surface area contributed by atoms with Crippen molar-refractivity contribution in [3.05, 3.63) is 64.2 Å². The molecule has 29 heavy (non-hydrogen) atoms. The summed E-state index contributed by atoms with van der Waals surface area (Å²) in [6.07, 6.45) is 3.06. The monoisotopic (exact) mass is 410 g/mol. The van der Waals surface area contributed by atoms with Gasteiger partial charge in [-0.3, -0.25) is 9.79 Å². The molecular formula is C23H27ClN4O. The Morgan fingerprint density at radius 3 is 2.45 bits per heavy atom. The quantitative estimate of drug-likeness (QED) is 0.745. The second-order valence-electron chi connectivity index (χ2n) is 8.25. The molecule has 0 aromatic heterocycles. The molecule has 0 saturated carbocycles. The summed E-state index contributed by atoms with van der Waals surface area (Å²) in [6, 6.07) is 13.9. The van der Waals surface area contributed by atoms with E-state index in [1.54, 1.807) is 0 Å². The maximum absolute atomic E-state index is 13.1. The fourth-order valence-corrected chi connectivity index (χ4v) is 4.97. The Morgan fingerprint density at radius 1 is 1.14 bits per heavy atom. The molecule has 4 rings (SSSR count). The molecule has 0 radical (unpaired) electrons. The van der Waals surface area contributed by atoms with E-state index in [1.165, 1.54) is 0 Å². The van der Waals surface area contributed by atoms with Crippen LogP contribution in [0.1, 0.15) is 56.2 Å². The molecule has 6 heteroatoms. The average molecular weight is 411 g/mol. The second-order valence-corrected chi connectivity index (χ2v) is 8.68. The standard InChI is InChI=1S/C23H27ClN4O/c1-14-3-4-15(2)28(14)21(29)11-12-23(16-5-7-17(24)8-6-16)20-10-9-18(25)13-19(20)22(26)27-23/h5-10,13-15H,3-4,11-12,25H2,1-2H3,(H2,26,27). The van der Waals surface area contributed by atoms with Crippen molar-refractivity contribution in [3.63, 3.8) is 0 Å². The number of halogens is 1. The molecule has 152 valence electrons. The van der Waals surface area contributed by atoms with Gasteiger partial charge >= 0.3 is 0 Å². The molecule has 2 aromatic carbocycles. The number of amidine groups is 1. The Labute approximate surface area is 176 Å². The molecule has 0 spiro atoms. The molecule has 1 fully saturated rings. The SMILES string of the molecule is CC1CCC(C)N1C(=O)CCC1(c2ccc(Cl)cc2)N=C(N)c2cc(N)ccc21. The first-order valence-corrected chi connectivity index (χ1v) is 10.5. The molecule has 3 unspecified atom stereocenters. The number of carbonyl (C=O) groups excluding carboxylic acids is 1. The van der Waals surface area contributed by atoms with Gasteiger partial charge in [0.25, 0.3) is 0 Å². The highest BCUT2D eigenvalue weighted by atomic mass is 35.5. The summed E-state index contributed by atoms with van der Waals surface area (Å²) >= 11 is 6.12. The zero-order valence-electron chi connectivity index (χ0n) is 16.9. The molecule has 1 amide bonds. The van der Waals surface area contributed by atoms with Gasteiger partial charge < -0.3 is 16.4 Å². The Hall–Kier alpha value is -2.53. The fourth-order valence-electron chi connectivity index (χ4n) is 4.84. The lowest BCUT2D eigenvalue weighted by atomic mass is 9.79. The summed E-state index contributed by atoms with van der Waals surface area (Å²) in [6.45, 7) is 4.25. The van der Waals surface area contributed by atoms with Gasteiger partial charge in [0.1, 0.15) is 11.4 Å². The molecule has 4 N–H and O–H groups in total. The molecule has 1 saturated heterocycles. The summed E-state index contributed by atoms with van der Waals surface area (Å²) in [5.41, 5.74) is 15.0. The van der Waals surface area contributed by atoms with Crippen molar-refractivity contribution in [2.24, 2.45) is 10.7 Å². The third-order valence-electron chi connectivity index (χ3n) is 6.34. The molecule has 0 bridgehead atoms. The first-order chi connectivity index (χ1) is 13.8. The maximum Gasteiger partial charge on any atom is 0.223 e. The number of benzene rings is 2. The lowest BCUT2D eigenvalue weighted by Gasteiger charge is -2.31. The van der Waals surface area contributed by atoms with E-state index >= 15 is 0 Å². The molecule has 2 aliphatic rings. The van der Waals surface area contributed by atoms with E-state index in [0.717, 1.165) is 29.5 Å². The Balaban J connectivity index is 1.72. The molecule has 2 heterocycles. The minimum absolute atomic E-state index is 0.175. The number of hydrogen-bond donors (Lipinski definition) is 2. The highest BCUT2D eigenvalue weighted by molar-refractivity contribution is 6.30. The van der Waals surface area contributed by atoms with Crippen molar-refractivity contribution in [3.8, 4) is 0 Å². The number of carbonyl (C=O) groups is 1. The van der Waals surface area contributed by atoms with Gasteiger partial charge in [-0.25, -0.2) is 0 Å². The highest BCUT2D eigenvalue weighted by Crippen LogP contribution is 2.45. The maximum atomic E-state index is 13.1. The summed E-state index contributed by atoms with van der Waals surface area (Å²) in [5.74, 6) is 0.631. The van der Waals surface area contributed by atoms with E-state index in [0.29, 0.717) is 29.4 Å². The number of nitrogens with zero attached hydrogens (tertiary/aromatic N) is 2. The van der Waals surface area contributed by atoms with Crippen LogP contribution in [0.5, 0.6) is 0 Å². The number of nitrogen functional groups attached to an aromatic ring is 1. The zero-order valence-corrected chi connectivity index (χ0v) is 17.6. The van der Waals surface area contributed by atoms with Crippen LogP contribution in [-0.2, 0) is 10.3 Å². The number of nitrogens with two attached hydrogens (primary N) is 2. The zero-order chi connectivity index (χ0) is 20.8. The number of rotatable bonds is 4. The van der Waals surface area contributed by atoms with Crippen LogP contribution in [0.2, 0.25) is 5.02 Å². The summed E-state index contributed by atoms with van der Waals surface area (Å²) < 4.78 is 0. The van der Waals surface area contributed by atoms with Gasteiger partial charge in [0, 0.05) is 34.8 Å². The predicted octanol–water partition coefficient (Wildman–Crippen LogP) is 4.06. The number of anilines is 1. The topological polar surface area (TPSA) is 84.7 Å². The van der Waals surface area contributed by atoms with Crippen LogP contribution >= 0.6 is 11.6 Å². The Bertz CT molecular complexity index is 961. The predicted molar refractivity (Wildman–Crippen MR) is 118 cm³/mol. The van der Waals surface area contributed by atoms with Crippen LogP contribution in [-0.4, -0.2) is 28.7 Å². The molecule has 2 aromatic rings. The average Bonchev–Trinajstić information content (AvgIpc) is 3.17. The lowest BCUT2D eigenvalue weighted by molar-refractivity contribution is -0.133. The van der Waals surface area contributed by atoms with Crippen LogP contribution in [0.3, 0.4) is 0 Å². The Kier molecular flexibility index (Phi) is 5.03. The number of aliphatic imine (C=N–C) groups is 1. The smallest absolute Gasteiger partial charge is 0.223 e.